The smallest absolute Gasteiger partial charge is 0.170 e. The first kappa shape index (κ1) is 17.0. The van der Waals surface area contributed by atoms with Crippen LogP contribution in [0.1, 0.15) is 32.6 Å². The van der Waals surface area contributed by atoms with E-state index in [-0.39, 0.29) is 0 Å². The molecule has 0 aliphatic carbocycles. The molecule has 1 aliphatic rings. The van der Waals surface area contributed by atoms with Crippen molar-refractivity contribution in [2.75, 3.05) is 37.0 Å². The van der Waals surface area contributed by atoms with Gasteiger partial charge in [-0.2, -0.15) is 0 Å². The molecule has 0 amide bonds. The molecule has 122 valence electrons. The zero-order valence-electron chi connectivity index (χ0n) is 13.5. The topological polar surface area (TPSA) is 49.4 Å². The van der Waals surface area contributed by atoms with Crippen LogP contribution in [-0.2, 0) is 4.74 Å². The predicted molar refractivity (Wildman–Crippen MR) is 95.6 cm³/mol. The van der Waals surface area contributed by atoms with Gasteiger partial charge in [0, 0.05) is 32.8 Å². The second-order valence-corrected chi connectivity index (χ2v) is 6.08. The molecule has 2 heterocycles. The summed E-state index contributed by atoms with van der Waals surface area (Å²) < 4.78 is 5.00. The molecule has 22 heavy (non-hydrogen) atoms. The van der Waals surface area contributed by atoms with Crippen LogP contribution in [0.25, 0.3) is 0 Å². The summed E-state index contributed by atoms with van der Waals surface area (Å²) in [4.78, 5) is 6.96. The normalized spacial score (nSPS) is 18.1. The highest BCUT2D eigenvalue weighted by molar-refractivity contribution is 7.80. The van der Waals surface area contributed by atoms with Crippen molar-refractivity contribution in [2.45, 2.75) is 38.6 Å². The summed E-state index contributed by atoms with van der Waals surface area (Å²) in [5, 5.41) is 6.93. The lowest BCUT2D eigenvalue weighted by Crippen LogP contribution is -2.37. The van der Waals surface area contributed by atoms with Gasteiger partial charge in [0.1, 0.15) is 5.82 Å². The first-order chi connectivity index (χ1) is 10.7. The van der Waals surface area contributed by atoms with Crippen LogP contribution in [-0.4, -0.2) is 42.9 Å². The molecule has 1 atom stereocenters. The van der Waals surface area contributed by atoms with E-state index in [1.54, 1.807) is 7.11 Å². The minimum Gasteiger partial charge on any atom is -0.385 e. The monoisotopic (exact) mass is 322 g/mol. The minimum absolute atomic E-state index is 0.573. The zero-order valence-corrected chi connectivity index (χ0v) is 14.3. The van der Waals surface area contributed by atoms with Gasteiger partial charge in [0.25, 0.3) is 0 Å². The van der Waals surface area contributed by atoms with E-state index >= 15 is 0 Å². The van der Waals surface area contributed by atoms with Gasteiger partial charge in [0.2, 0.25) is 0 Å². The van der Waals surface area contributed by atoms with Gasteiger partial charge in [-0.1, -0.05) is 0 Å². The van der Waals surface area contributed by atoms with Crippen LogP contribution >= 0.6 is 12.2 Å². The molecule has 0 unspecified atom stereocenters. The number of nitrogens with one attached hydrogen (secondary N) is 2. The fourth-order valence-electron chi connectivity index (χ4n) is 2.66. The van der Waals surface area contributed by atoms with Crippen molar-refractivity contribution in [3.05, 3.63) is 18.3 Å². The van der Waals surface area contributed by atoms with Crippen LogP contribution in [0.4, 0.5) is 11.5 Å². The van der Waals surface area contributed by atoms with Crippen LogP contribution in [0, 0.1) is 0 Å². The molecule has 1 aliphatic heterocycles. The van der Waals surface area contributed by atoms with Crippen LogP contribution in [0.2, 0.25) is 0 Å². The molecule has 2 rings (SSSR count). The maximum Gasteiger partial charge on any atom is 0.170 e. The first-order valence-corrected chi connectivity index (χ1v) is 8.38. The fourth-order valence-corrected chi connectivity index (χ4v) is 2.88. The van der Waals surface area contributed by atoms with Crippen LogP contribution in [0.15, 0.2) is 18.3 Å². The van der Waals surface area contributed by atoms with Gasteiger partial charge in [-0.3, -0.25) is 0 Å². The third-order valence-corrected chi connectivity index (χ3v) is 4.16. The molecule has 0 bridgehead atoms. The van der Waals surface area contributed by atoms with E-state index < -0.39 is 0 Å². The number of methoxy groups -OCH3 is 1. The number of hydrogen-bond donors (Lipinski definition) is 2. The molecule has 0 spiro atoms. The summed E-state index contributed by atoms with van der Waals surface area (Å²) >= 11 is 5.26. The van der Waals surface area contributed by atoms with Crippen LogP contribution < -0.4 is 15.5 Å². The van der Waals surface area contributed by atoms with Crippen LogP contribution in [0.5, 0.6) is 0 Å². The van der Waals surface area contributed by atoms with Gasteiger partial charge < -0.3 is 20.3 Å². The Balaban J connectivity index is 1.82. The van der Waals surface area contributed by atoms with E-state index in [0.29, 0.717) is 11.2 Å². The van der Waals surface area contributed by atoms with Crippen molar-refractivity contribution in [2.24, 2.45) is 0 Å². The average Bonchev–Trinajstić information content (AvgIpc) is 2.53. The molecule has 1 aromatic heterocycles. The number of piperidine rings is 1. The molecule has 2 N–H and O–H groups in total. The molecule has 5 nitrogen and oxygen atoms in total. The Morgan fingerprint density at radius 1 is 1.45 bits per heavy atom. The lowest BCUT2D eigenvalue weighted by atomic mass is 10.0. The number of ether oxygens (including phenoxy) is 1. The van der Waals surface area contributed by atoms with Gasteiger partial charge in [-0.25, -0.2) is 4.98 Å². The number of anilines is 2. The molecule has 6 heteroatoms. The summed E-state index contributed by atoms with van der Waals surface area (Å²) in [5.74, 6) is 1.05. The summed E-state index contributed by atoms with van der Waals surface area (Å²) in [6.45, 7) is 4.91. The second kappa shape index (κ2) is 8.90. The zero-order chi connectivity index (χ0) is 15.8. The molecule has 0 aromatic carbocycles. The van der Waals surface area contributed by atoms with Crippen molar-refractivity contribution in [1.29, 1.82) is 0 Å². The third kappa shape index (κ3) is 5.10. The summed E-state index contributed by atoms with van der Waals surface area (Å²) in [5.41, 5.74) is 0.914. The van der Waals surface area contributed by atoms with Gasteiger partial charge in [-0.15, -0.1) is 0 Å². The Kier molecular flexibility index (Phi) is 6.86. The first-order valence-electron chi connectivity index (χ1n) is 7.97. The standard InChI is InChI=1S/C16H26N4OS/c1-13-6-3-4-10-20(13)15-8-7-14(12-18-15)19-16(22)17-9-5-11-21-2/h7-8,12-13H,3-6,9-11H2,1-2H3,(H2,17,19,22)/t13-/m1/s1. The number of pyridine rings is 1. The SMILES string of the molecule is COCCCNC(=S)Nc1ccc(N2CCCC[C@H]2C)nc1. The van der Waals surface area contributed by atoms with Gasteiger partial charge in [0.15, 0.2) is 5.11 Å². The average molecular weight is 322 g/mol. The Morgan fingerprint density at radius 3 is 3.00 bits per heavy atom. The lowest BCUT2D eigenvalue weighted by molar-refractivity contribution is 0.196. The number of rotatable bonds is 6. The van der Waals surface area contributed by atoms with E-state index in [9.17, 15) is 0 Å². The Bertz CT molecular complexity index is 466. The quantitative estimate of drug-likeness (QED) is 0.620. The summed E-state index contributed by atoms with van der Waals surface area (Å²) in [6.07, 6.45) is 6.60. The highest BCUT2D eigenvalue weighted by atomic mass is 32.1. The largest absolute Gasteiger partial charge is 0.385 e. The van der Waals surface area contributed by atoms with Crippen molar-refractivity contribution in [3.8, 4) is 0 Å². The van der Waals surface area contributed by atoms with E-state index in [0.717, 1.165) is 37.6 Å². The van der Waals surface area contributed by atoms with Gasteiger partial charge >= 0.3 is 0 Å². The number of aromatic nitrogens is 1. The van der Waals surface area contributed by atoms with Crippen molar-refractivity contribution in [1.82, 2.24) is 10.3 Å². The second-order valence-electron chi connectivity index (χ2n) is 5.67. The Morgan fingerprint density at radius 2 is 2.32 bits per heavy atom. The molecular weight excluding hydrogens is 296 g/mol. The van der Waals surface area contributed by atoms with E-state index in [4.69, 9.17) is 17.0 Å². The van der Waals surface area contributed by atoms with Crippen molar-refractivity contribution < 1.29 is 4.74 Å². The molecule has 0 radical (unpaired) electrons. The Hall–Kier alpha value is -1.40. The summed E-state index contributed by atoms with van der Waals surface area (Å²) in [7, 11) is 1.70. The lowest BCUT2D eigenvalue weighted by Gasteiger charge is -2.34. The minimum atomic E-state index is 0.573. The summed E-state index contributed by atoms with van der Waals surface area (Å²) in [6, 6.07) is 4.67. The number of nitrogens with zero attached hydrogens (tertiary/aromatic N) is 2. The number of thiocarbonyl (C=S) groups is 1. The fraction of sp³-hybridized carbons (Fsp3) is 0.625. The number of hydrogen-bond acceptors (Lipinski definition) is 4. The molecule has 1 saturated heterocycles. The predicted octanol–water partition coefficient (Wildman–Crippen LogP) is 2.78. The molecule has 1 fully saturated rings. The molecule has 1 aromatic rings. The highest BCUT2D eigenvalue weighted by Crippen LogP contribution is 2.23. The van der Waals surface area contributed by atoms with Crippen molar-refractivity contribution >= 4 is 28.8 Å². The van der Waals surface area contributed by atoms with E-state index in [1.807, 2.05) is 12.3 Å². The van der Waals surface area contributed by atoms with Gasteiger partial charge in [0.05, 0.1) is 11.9 Å². The van der Waals surface area contributed by atoms with E-state index in [2.05, 4.69) is 33.5 Å². The van der Waals surface area contributed by atoms with Crippen LogP contribution in [0.3, 0.4) is 0 Å². The van der Waals surface area contributed by atoms with E-state index in [1.165, 1.54) is 19.3 Å². The molecular formula is C16H26N4OS. The maximum atomic E-state index is 5.26. The highest BCUT2D eigenvalue weighted by Gasteiger charge is 2.19. The molecule has 0 saturated carbocycles. The Labute approximate surface area is 138 Å². The van der Waals surface area contributed by atoms with Gasteiger partial charge in [-0.05, 0) is 57.0 Å². The third-order valence-electron chi connectivity index (χ3n) is 3.91. The maximum absolute atomic E-state index is 5.26. The van der Waals surface area contributed by atoms with Crippen molar-refractivity contribution in [3.63, 3.8) is 0 Å².